The van der Waals surface area contributed by atoms with E-state index in [9.17, 15) is 4.79 Å². The molecule has 1 unspecified atom stereocenters. The molecule has 0 saturated carbocycles. The molecule has 0 bridgehead atoms. The normalized spacial score (nSPS) is 12.0. The lowest BCUT2D eigenvalue weighted by molar-refractivity contribution is -0.151. The number of carbonyl (C=O) groups excluding carboxylic acids is 1. The van der Waals surface area contributed by atoms with E-state index in [4.69, 9.17) is 18.9 Å². The fourth-order valence-corrected chi connectivity index (χ4v) is 5.78. The van der Waals surface area contributed by atoms with Gasteiger partial charge in [0.25, 0.3) is 0 Å². The molecule has 5 heteroatoms. The lowest BCUT2D eigenvalue weighted by atomic mass is 10.1. The maximum absolute atomic E-state index is 12.4. The van der Waals surface area contributed by atoms with Crippen molar-refractivity contribution in [1.82, 2.24) is 0 Å². The summed E-state index contributed by atoms with van der Waals surface area (Å²) in [5.74, 6) is -0.243. The molecular formula is C41H74O5. The molecule has 1 atom stereocenters. The average molecular weight is 647 g/mol. The van der Waals surface area contributed by atoms with Crippen LogP contribution in [0.3, 0.4) is 0 Å². The van der Waals surface area contributed by atoms with Crippen LogP contribution in [0.4, 0.5) is 0 Å². The van der Waals surface area contributed by atoms with Gasteiger partial charge in [-0.25, -0.2) is 0 Å². The Morgan fingerprint density at radius 1 is 0.522 bits per heavy atom. The summed E-state index contributed by atoms with van der Waals surface area (Å²) >= 11 is 0. The van der Waals surface area contributed by atoms with E-state index < -0.39 is 0 Å². The van der Waals surface area contributed by atoms with Gasteiger partial charge in [-0.05, 0) is 18.4 Å². The highest BCUT2D eigenvalue weighted by atomic mass is 16.6. The van der Waals surface area contributed by atoms with Crippen molar-refractivity contribution in [3.8, 4) is 0 Å². The van der Waals surface area contributed by atoms with Crippen molar-refractivity contribution in [2.24, 2.45) is 0 Å². The number of carbonyl (C=O) groups is 1. The van der Waals surface area contributed by atoms with E-state index in [0.717, 1.165) is 25.0 Å². The van der Waals surface area contributed by atoms with Crippen LogP contribution >= 0.6 is 0 Å². The zero-order chi connectivity index (χ0) is 33.0. The Morgan fingerprint density at radius 2 is 0.978 bits per heavy atom. The molecule has 0 aliphatic heterocycles. The Morgan fingerprint density at radius 3 is 1.48 bits per heavy atom. The quantitative estimate of drug-likeness (QED) is 0.0536. The largest absolute Gasteiger partial charge is 0.463 e. The lowest BCUT2D eigenvalue weighted by Gasteiger charge is -2.18. The summed E-state index contributed by atoms with van der Waals surface area (Å²) in [5, 5.41) is 0. The SMILES string of the molecule is CCCCCCCCCCCCCCOCC(COC(=O)CCOCc1ccccc1)OCCCCCCCCCCCCCC. The first-order chi connectivity index (χ1) is 22.8. The second kappa shape index (κ2) is 34.9. The van der Waals surface area contributed by atoms with Gasteiger partial charge in [-0.2, -0.15) is 0 Å². The van der Waals surface area contributed by atoms with Crippen LogP contribution in [0.25, 0.3) is 0 Å². The van der Waals surface area contributed by atoms with Crippen molar-refractivity contribution in [1.29, 1.82) is 0 Å². The summed E-state index contributed by atoms with van der Waals surface area (Å²) in [7, 11) is 0. The van der Waals surface area contributed by atoms with Crippen molar-refractivity contribution in [2.45, 2.75) is 187 Å². The molecule has 0 aliphatic carbocycles. The summed E-state index contributed by atoms with van der Waals surface area (Å²) in [6, 6.07) is 10.0. The Hall–Kier alpha value is -1.43. The molecule has 1 aromatic rings. The predicted molar refractivity (Wildman–Crippen MR) is 194 cm³/mol. The van der Waals surface area contributed by atoms with Crippen LogP contribution in [0.1, 0.15) is 180 Å². The van der Waals surface area contributed by atoms with Crippen LogP contribution in [-0.2, 0) is 30.3 Å². The van der Waals surface area contributed by atoms with Crippen molar-refractivity contribution in [3.63, 3.8) is 0 Å². The molecule has 5 nitrogen and oxygen atoms in total. The molecule has 0 amide bonds. The minimum absolute atomic E-state index is 0.209. The molecule has 0 fully saturated rings. The molecule has 0 aromatic heterocycles. The van der Waals surface area contributed by atoms with E-state index >= 15 is 0 Å². The maximum Gasteiger partial charge on any atom is 0.308 e. The molecule has 1 rings (SSSR count). The van der Waals surface area contributed by atoms with Crippen LogP contribution < -0.4 is 0 Å². The number of unbranched alkanes of at least 4 members (excludes halogenated alkanes) is 22. The van der Waals surface area contributed by atoms with E-state index in [1.165, 1.54) is 141 Å². The minimum Gasteiger partial charge on any atom is -0.463 e. The van der Waals surface area contributed by atoms with Gasteiger partial charge in [-0.15, -0.1) is 0 Å². The van der Waals surface area contributed by atoms with Crippen LogP contribution in [0, 0.1) is 0 Å². The van der Waals surface area contributed by atoms with Gasteiger partial charge in [0, 0.05) is 13.2 Å². The Labute approximate surface area is 285 Å². The molecule has 0 aliphatic rings. The van der Waals surface area contributed by atoms with Gasteiger partial charge in [0.05, 0.1) is 26.2 Å². The molecule has 0 heterocycles. The second-order valence-electron chi connectivity index (χ2n) is 13.3. The lowest BCUT2D eigenvalue weighted by Crippen LogP contribution is -2.28. The second-order valence-corrected chi connectivity index (χ2v) is 13.3. The summed E-state index contributed by atoms with van der Waals surface area (Å²) in [5.41, 5.74) is 1.10. The summed E-state index contributed by atoms with van der Waals surface area (Å²) in [4.78, 5) is 12.4. The van der Waals surface area contributed by atoms with Crippen molar-refractivity contribution < 1.29 is 23.7 Å². The van der Waals surface area contributed by atoms with Gasteiger partial charge in [-0.1, -0.05) is 185 Å². The zero-order valence-electron chi connectivity index (χ0n) is 30.4. The topological polar surface area (TPSA) is 54.0 Å². The van der Waals surface area contributed by atoms with E-state index in [-0.39, 0.29) is 25.1 Å². The first-order valence-electron chi connectivity index (χ1n) is 19.7. The van der Waals surface area contributed by atoms with E-state index in [1.54, 1.807) is 0 Å². The van der Waals surface area contributed by atoms with Gasteiger partial charge >= 0.3 is 5.97 Å². The summed E-state index contributed by atoms with van der Waals surface area (Å²) in [6.45, 7) is 7.59. The number of ether oxygens (including phenoxy) is 4. The van der Waals surface area contributed by atoms with Crippen molar-refractivity contribution >= 4 is 5.97 Å². The third-order valence-electron chi connectivity index (χ3n) is 8.79. The van der Waals surface area contributed by atoms with Crippen molar-refractivity contribution in [2.75, 3.05) is 33.0 Å². The molecular weight excluding hydrogens is 572 g/mol. The van der Waals surface area contributed by atoms with Gasteiger partial charge in [0.15, 0.2) is 0 Å². The highest BCUT2D eigenvalue weighted by molar-refractivity contribution is 5.69. The van der Waals surface area contributed by atoms with Crippen LogP contribution in [0.2, 0.25) is 0 Å². The summed E-state index contributed by atoms with van der Waals surface area (Å²) in [6.07, 6.45) is 32.0. The zero-order valence-corrected chi connectivity index (χ0v) is 30.4. The Bertz CT molecular complexity index is 740. The van der Waals surface area contributed by atoms with Crippen LogP contribution in [0.15, 0.2) is 30.3 Å². The van der Waals surface area contributed by atoms with Crippen molar-refractivity contribution in [3.05, 3.63) is 35.9 Å². The van der Waals surface area contributed by atoms with Gasteiger partial charge in [-0.3, -0.25) is 4.79 Å². The number of esters is 1. The number of rotatable bonds is 36. The molecule has 268 valence electrons. The fraction of sp³-hybridized carbons (Fsp3) is 0.829. The van der Waals surface area contributed by atoms with Crippen LogP contribution in [-0.4, -0.2) is 45.1 Å². The molecule has 0 radical (unpaired) electrons. The molecule has 1 aromatic carbocycles. The Balaban J connectivity index is 2.15. The van der Waals surface area contributed by atoms with E-state index in [2.05, 4.69) is 13.8 Å². The number of benzene rings is 1. The standard InChI is InChI=1S/C41H74O5/c1-3-5-7-9-11-13-15-17-19-21-23-28-33-43-37-40(38-46-41(42)32-35-44-36-39-30-26-25-27-31-39)45-34-29-24-22-20-18-16-14-12-10-8-6-4-2/h25-27,30-31,40H,3-24,28-29,32-38H2,1-2H3. The average Bonchev–Trinajstić information content (AvgIpc) is 3.07. The molecule has 0 saturated heterocycles. The first kappa shape index (κ1) is 42.6. The first-order valence-corrected chi connectivity index (χ1v) is 19.7. The number of hydrogen-bond acceptors (Lipinski definition) is 5. The summed E-state index contributed by atoms with van der Waals surface area (Å²) < 4.78 is 23.4. The van der Waals surface area contributed by atoms with E-state index in [0.29, 0.717) is 26.4 Å². The molecule has 0 N–H and O–H groups in total. The molecule has 0 spiro atoms. The third-order valence-corrected chi connectivity index (χ3v) is 8.79. The van der Waals surface area contributed by atoms with Gasteiger partial charge in [0.2, 0.25) is 0 Å². The highest BCUT2D eigenvalue weighted by Gasteiger charge is 2.13. The minimum atomic E-state index is -0.243. The van der Waals surface area contributed by atoms with Gasteiger partial charge < -0.3 is 18.9 Å². The fourth-order valence-electron chi connectivity index (χ4n) is 5.78. The van der Waals surface area contributed by atoms with Crippen LogP contribution in [0.5, 0.6) is 0 Å². The molecule has 46 heavy (non-hydrogen) atoms. The van der Waals surface area contributed by atoms with Gasteiger partial charge in [0.1, 0.15) is 12.7 Å². The predicted octanol–water partition coefficient (Wildman–Crippen LogP) is 11.9. The highest BCUT2D eigenvalue weighted by Crippen LogP contribution is 2.14. The van der Waals surface area contributed by atoms with E-state index in [1.807, 2.05) is 30.3 Å². The maximum atomic E-state index is 12.4. The monoisotopic (exact) mass is 647 g/mol. The smallest absolute Gasteiger partial charge is 0.308 e. The number of hydrogen-bond donors (Lipinski definition) is 0. The Kier molecular flexibility index (Phi) is 32.3. The third kappa shape index (κ3) is 29.9.